The lowest BCUT2D eigenvalue weighted by Crippen LogP contribution is -2.22. The minimum absolute atomic E-state index is 0.154. The predicted molar refractivity (Wildman–Crippen MR) is 85.7 cm³/mol. The summed E-state index contributed by atoms with van der Waals surface area (Å²) in [5, 5.41) is 7.11. The van der Waals surface area contributed by atoms with Crippen molar-refractivity contribution in [1.82, 2.24) is 5.32 Å². The van der Waals surface area contributed by atoms with E-state index < -0.39 is 0 Å². The van der Waals surface area contributed by atoms with Gasteiger partial charge in [-0.3, -0.25) is 0 Å². The van der Waals surface area contributed by atoms with E-state index in [1.165, 1.54) is 10.4 Å². The first kappa shape index (κ1) is 14.9. The highest BCUT2D eigenvalue weighted by atomic mass is 35.5. The number of hydrogen-bond donors (Lipinski definition) is 1. The smallest absolute Gasteiger partial charge is 0.0586 e. The van der Waals surface area contributed by atoms with Crippen molar-refractivity contribution in [2.45, 2.75) is 26.3 Å². The van der Waals surface area contributed by atoms with Gasteiger partial charge >= 0.3 is 0 Å². The largest absolute Gasteiger partial charge is 0.306 e. The third-order valence-corrected chi connectivity index (χ3v) is 4.22. The van der Waals surface area contributed by atoms with Crippen LogP contribution >= 0.6 is 34.5 Å². The highest BCUT2D eigenvalue weighted by Gasteiger charge is 2.15. The van der Waals surface area contributed by atoms with Gasteiger partial charge in [-0.1, -0.05) is 30.1 Å². The Bertz CT molecular complexity index is 531. The molecule has 0 aliphatic heterocycles. The summed E-state index contributed by atoms with van der Waals surface area (Å²) in [4.78, 5) is 1.31. The fraction of sp³-hybridized carbons (Fsp3) is 0.333. The zero-order chi connectivity index (χ0) is 13.8. The Labute approximate surface area is 128 Å². The fourth-order valence-corrected chi connectivity index (χ4v) is 3.35. The molecule has 0 bridgehead atoms. The van der Waals surface area contributed by atoms with Gasteiger partial charge in [0.05, 0.1) is 6.04 Å². The van der Waals surface area contributed by atoms with Crippen LogP contribution in [0.4, 0.5) is 0 Å². The van der Waals surface area contributed by atoms with Gasteiger partial charge in [0.15, 0.2) is 0 Å². The maximum atomic E-state index is 6.11. The molecule has 2 rings (SSSR count). The van der Waals surface area contributed by atoms with Gasteiger partial charge in [0, 0.05) is 14.9 Å². The maximum absolute atomic E-state index is 6.11. The van der Waals surface area contributed by atoms with Crippen LogP contribution in [0.15, 0.2) is 29.6 Å². The number of halogens is 2. The van der Waals surface area contributed by atoms with E-state index in [-0.39, 0.29) is 6.04 Å². The van der Waals surface area contributed by atoms with Crippen LogP contribution in [0.3, 0.4) is 0 Å². The molecule has 0 radical (unpaired) electrons. The van der Waals surface area contributed by atoms with E-state index in [4.69, 9.17) is 23.2 Å². The molecule has 0 aliphatic carbocycles. The van der Waals surface area contributed by atoms with Crippen molar-refractivity contribution in [2.75, 3.05) is 6.54 Å². The molecule has 1 nitrogen and oxygen atoms in total. The highest BCUT2D eigenvalue weighted by Crippen LogP contribution is 2.30. The highest BCUT2D eigenvalue weighted by molar-refractivity contribution is 7.10. The Morgan fingerprint density at radius 2 is 1.79 bits per heavy atom. The molecule has 1 unspecified atom stereocenters. The summed E-state index contributed by atoms with van der Waals surface area (Å²) in [6, 6.07) is 8.09. The van der Waals surface area contributed by atoms with Crippen molar-refractivity contribution in [3.05, 3.63) is 55.7 Å². The monoisotopic (exact) mass is 313 g/mol. The molecule has 1 aromatic heterocycles. The van der Waals surface area contributed by atoms with Gasteiger partial charge in [-0.15, -0.1) is 11.3 Å². The SMILES string of the molecule is CCCNC(c1cc(Cl)cc(Cl)c1)c1csc(C)c1. The Kier molecular flexibility index (Phi) is 5.28. The van der Waals surface area contributed by atoms with E-state index in [1.54, 1.807) is 17.4 Å². The summed E-state index contributed by atoms with van der Waals surface area (Å²) in [5.74, 6) is 0. The summed E-state index contributed by atoms with van der Waals surface area (Å²) in [6.45, 7) is 5.24. The molecule has 0 amide bonds. The number of rotatable bonds is 5. The van der Waals surface area contributed by atoms with E-state index in [0.29, 0.717) is 10.0 Å². The molecule has 1 atom stereocenters. The molecular weight excluding hydrogens is 297 g/mol. The average molecular weight is 314 g/mol. The van der Waals surface area contributed by atoms with E-state index in [0.717, 1.165) is 18.5 Å². The molecule has 0 fully saturated rings. The summed E-state index contributed by atoms with van der Waals surface area (Å²) in [5.41, 5.74) is 2.39. The second kappa shape index (κ2) is 6.76. The zero-order valence-electron chi connectivity index (χ0n) is 11.0. The molecule has 1 heterocycles. The van der Waals surface area contributed by atoms with Gasteiger partial charge in [-0.05, 0) is 60.7 Å². The summed E-state index contributed by atoms with van der Waals surface area (Å²) in [6.07, 6.45) is 1.09. The maximum Gasteiger partial charge on any atom is 0.0586 e. The zero-order valence-corrected chi connectivity index (χ0v) is 13.4. The van der Waals surface area contributed by atoms with E-state index >= 15 is 0 Å². The minimum atomic E-state index is 0.154. The molecule has 4 heteroatoms. The standard InChI is InChI=1S/C15H17Cl2NS/c1-3-4-18-15(12-5-10(2)19-9-12)11-6-13(16)8-14(17)7-11/h5-9,15,18H,3-4H2,1-2H3. The first-order valence-electron chi connectivity index (χ1n) is 6.34. The third kappa shape index (κ3) is 3.96. The van der Waals surface area contributed by atoms with Crippen LogP contribution in [-0.4, -0.2) is 6.54 Å². The Morgan fingerprint density at radius 1 is 1.11 bits per heavy atom. The molecule has 1 aromatic carbocycles. The van der Waals surface area contributed by atoms with Crippen molar-refractivity contribution in [3.8, 4) is 0 Å². The van der Waals surface area contributed by atoms with E-state index in [2.05, 4.69) is 30.6 Å². The average Bonchev–Trinajstić information content (AvgIpc) is 2.75. The molecule has 102 valence electrons. The molecule has 0 aliphatic rings. The lowest BCUT2D eigenvalue weighted by molar-refractivity contribution is 0.600. The second-order valence-corrected chi connectivity index (χ2v) is 6.57. The number of thiophene rings is 1. The Morgan fingerprint density at radius 3 is 2.32 bits per heavy atom. The van der Waals surface area contributed by atoms with Crippen LogP contribution in [0.5, 0.6) is 0 Å². The van der Waals surface area contributed by atoms with E-state index in [9.17, 15) is 0 Å². The van der Waals surface area contributed by atoms with Crippen LogP contribution in [0, 0.1) is 6.92 Å². The molecular formula is C15H17Cl2NS. The van der Waals surface area contributed by atoms with E-state index in [1.807, 2.05) is 12.1 Å². The quantitative estimate of drug-likeness (QED) is 0.773. The van der Waals surface area contributed by atoms with Crippen molar-refractivity contribution in [2.24, 2.45) is 0 Å². The number of benzene rings is 1. The van der Waals surface area contributed by atoms with Crippen LogP contribution in [-0.2, 0) is 0 Å². The lowest BCUT2D eigenvalue weighted by atomic mass is 10.0. The first-order valence-corrected chi connectivity index (χ1v) is 7.98. The summed E-state index contributed by atoms with van der Waals surface area (Å²) in [7, 11) is 0. The van der Waals surface area contributed by atoms with Crippen molar-refractivity contribution < 1.29 is 0 Å². The molecule has 1 N–H and O–H groups in total. The van der Waals surface area contributed by atoms with Gasteiger partial charge in [-0.25, -0.2) is 0 Å². The molecule has 2 aromatic rings. The normalized spacial score (nSPS) is 12.6. The van der Waals surface area contributed by atoms with Crippen molar-refractivity contribution in [3.63, 3.8) is 0 Å². The van der Waals surface area contributed by atoms with Crippen molar-refractivity contribution >= 4 is 34.5 Å². The van der Waals surface area contributed by atoms with Gasteiger partial charge in [0.1, 0.15) is 0 Å². The van der Waals surface area contributed by atoms with Crippen LogP contribution in [0.1, 0.15) is 35.4 Å². The van der Waals surface area contributed by atoms with Crippen LogP contribution in [0.2, 0.25) is 10.0 Å². The van der Waals surface area contributed by atoms with Crippen molar-refractivity contribution in [1.29, 1.82) is 0 Å². The minimum Gasteiger partial charge on any atom is -0.306 e. The van der Waals surface area contributed by atoms with Gasteiger partial charge in [-0.2, -0.15) is 0 Å². The lowest BCUT2D eigenvalue weighted by Gasteiger charge is -2.18. The molecule has 19 heavy (non-hydrogen) atoms. The molecule has 0 saturated heterocycles. The third-order valence-electron chi connectivity index (χ3n) is 2.90. The molecule has 0 saturated carbocycles. The van der Waals surface area contributed by atoms with Gasteiger partial charge in [0.25, 0.3) is 0 Å². The Balaban J connectivity index is 2.36. The first-order chi connectivity index (χ1) is 9.10. The van der Waals surface area contributed by atoms with Gasteiger partial charge < -0.3 is 5.32 Å². The second-order valence-electron chi connectivity index (χ2n) is 4.58. The predicted octanol–water partition coefficient (Wildman–Crippen LogP) is 5.45. The fourth-order valence-electron chi connectivity index (χ4n) is 2.07. The summed E-state index contributed by atoms with van der Waals surface area (Å²) >= 11 is 14.0. The van der Waals surface area contributed by atoms with Crippen LogP contribution < -0.4 is 5.32 Å². The summed E-state index contributed by atoms with van der Waals surface area (Å²) < 4.78 is 0. The van der Waals surface area contributed by atoms with Gasteiger partial charge in [0.2, 0.25) is 0 Å². The number of aryl methyl sites for hydroxylation is 1. The Hall–Kier alpha value is -0.540. The molecule has 0 spiro atoms. The van der Waals surface area contributed by atoms with Crippen LogP contribution in [0.25, 0.3) is 0 Å². The topological polar surface area (TPSA) is 12.0 Å². The number of nitrogens with one attached hydrogen (secondary N) is 1. The number of hydrogen-bond acceptors (Lipinski definition) is 2.